The van der Waals surface area contributed by atoms with Crippen molar-refractivity contribution in [1.29, 1.82) is 0 Å². The molecule has 2 aromatic carbocycles. The number of carbonyl (C=O) groups excluding carboxylic acids is 1. The van der Waals surface area contributed by atoms with E-state index in [0.717, 1.165) is 33.7 Å². The molecular formula is C19H19NO2. The summed E-state index contributed by atoms with van der Waals surface area (Å²) in [7, 11) is 0. The Morgan fingerprint density at radius 1 is 1.14 bits per heavy atom. The molecule has 112 valence electrons. The van der Waals surface area contributed by atoms with Crippen LogP contribution in [-0.2, 0) is 11.4 Å². The predicted octanol–water partition coefficient (Wildman–Crippen LogP) is 4.32. The molecule has 0 atom stereocenters. The molecule has 1 aliphatic rings. The molecule has 2 aromatic rings. The van der Waals surface area contributed by atoms with Gasteiger partial charge in [-0.25, -0.2) is 0 Å². The molecule has 3 heteroatoms. The van der Waals surface area contributed by atoms with E-state index in [1.807, 2.05) is 44.2 Å². The first-order valence-corrected chi connectivity index (χ1v) is 7.36. The molecule has 3 nitrogen and oxygen atoms in total. The Hall–Kier alpha value is -2.55. The second-order valence-electron chi connectivity index (χ2n) is 5.81. The maximum absolute atomic E-state index is 12.0. The van der Waals surface area contributed by atoms with Crippen LogP contribution in [0.2, 0.25) is 0 Å². The molecule has 1 aliphatic heterocycles. The van der Waals surface area contributed by atoms with Gasteiger partial charge in [-0.15, -0.1) is 0 Å². The standard InChI is InChI=1S/C19H19NO2/c1-12(2)18-16-10-15(7-8-17(16)20-19(18)21)22-11-14-6-4-5-13(3)9-14/h4-10H,11H2,1-3H3,(H,20,21). The van der Waals surface area contributed by atoms with E-state index in [2.05, 4.69) is 24.4 Å². The number of aryl methyl sites for hydroxylation is 1. The largest absolute Gasteiger partial charge is 0.489 e. The number of fused-ring (bicyclic) bond motifs is 1. The molecule has 1 amide bonds. The van der Waals surface area contributed by atoms with Gasteiger partial charge < -0.3 is 10.1 Å². The van der Waals surface area contributed by atoms with E-state index < -0.39 is 0 Å². The number of anilines is 1. The fraction of sp³-hybridized carbons (Fsp3) is 0.211. The number of hydrogen-bond donors (Lipinski definition) is 1. The van der Waals surface area contributed by atoms with Crippen molar-refractivity contribution in [1.82, 2.24) is 0 Å². The lowest BCUT2D eigenvalue weighted by Crippen LogP contribution is -2.04. The van der Waals surface area contributed by atoms with Gasteiger partial charge in [-0.05, 0) is 44.5 Å². The van der Waals surface area contributed by atoms with Crippen molar-refractivity contribution in [3.05, 3.63) is 64.7 Å². The monoisotopic (exact) mass is 293 g/mol. The number of hydrogen-bond acceptors (Lipinski definition) is 2. The van der Waals surface area contributed by atoms with Crippen LogP contribution in [0.3, 0.4) is 0 Å². The number of carbonyl (C=O) groups is 1. The predicted molar refractivity (Wildman–Crippen MR) is 88.9 cm³/mol. The van der Waals surface area contributed by atoms with E-state index in [-0.39, 0.29) is 5.91 Å². The van der Waals surface area contributed by atoms with Crippen molar-refractivity contribution < 1.29 is 9.53 Å². The van der Waals surface area contributed by atoms with Crippen molar-refractivity contribution >= 4 is 17.2 Å². The van der Waals surface area contributed by atoms with E-state index in [1.165, 1.54) is 5.56 Å². The normalized spacial score (nSPS) is 12.9. The van der Waals surface area contributed by atoms with Gasteiger partial charge in [0.25, 0.3) is 5.91 Å². The van der Waals surface area contributed by atoms with Crippen LogP contribution in [0.1, 0.15) is 30.5 Å². The number of benzene rings is 2. The highest BCUT2D eigenvalue weighted by Gasteiger charge is 2.25. The first kappa shape index (κ1) is 14.4. The number of ether oxygens (including phenoxy) is 1. The van der Waals surface area contributed by atoms with Crippen molar-refractivity contribution in [3.8, 4) is 5.75 Å². The zero-order chi connectivity index (χ0) is 15.7. The van der Waals surface area contributed by atoms with Crippen LogP contribution in [-0.4, -0.2) is 5.91 Å². The van der Waals surface area contributed by atoms with Crippen LogP contribution in [0.15, 0.2) is 48.0 Å². The minimum absolute atomic E-state index is 0.0363. The highest BCUT2D eigenvalue weighted by atomic mass is 16.5. The van der Waals surface area contributed by atoms with Crippen molar-refractivity contribution in [2.45, 2.75) is 27.4 Å². The summed E-state index contributed by atoms with van der Waals surface area (Å²) in [4.78, 5) is 12.0. The maximum Gasteiger partial charge on any atom is 0.256 e. The van der Waals surface area contributed by atoms with Gasteiger partial charge in [0, 0.05) is 16.8 Å². The summed E-state index contributed by atoms with van der Waals surface area (Å²) in [6.45, 7) is 6.48. The minimum Gasteiger partial charge on any atom is -0.489 e. The topological polar surface area (TPSA) is 38.3 Å². The molecule has 22 heavy (non-hydrogen) atoms. The average molecular weight is 293 g/mol. The summed E-state index contributed by atoms with van der Waals surface area (Å²) in [5.41, 5.74) is 5.88. The third-order valence-corrected chi connectivity index (χ3v) is 3.72. The van der Waals surface area contributed by atoms with Crippen LogP contribution in [0.25, 0.3) is 5.57 Å². The first-order valence-electron chi connectivity index (χ1n) is 7.36. The molecule has 0 bridgehead atoms. The lowest BCUT2D eigenvalue weighted by molar-refractivity contribution is -0.110. The molecular weight excluding hydrogens is 274 g/mol. The highest BCUT2D eigenvalue weighted by Crippen LogP contribution is 2.36. The van der Waals surface area contributed by atoms with Crippen LogP contribution in [0, 0.1) is 6.92 Å². The molecule has 1 N–H and O–H groups in total. The first-order chi connectivity index (χ1) is 10.5. The number of allylic oxidation sites excluding steroid dienone is 1. The second-order valence-corrected chi connectivity index (χ2v) is 5.81. The molecule has 0 saturated heterocycles. The summed E-state index contributed by atoms with van der Waals surface area (Å²) in [6.07, 6.45) is 0. The molecule has 0 fully saturated rings. The lowest BCUT2D eigenvalue weighted by atomic mass is 10.0. The van der Waals surface area contributed by atoms with E-state index in [0.29, 0.717) is 6.61 Å². The fourth-order valence-corrected chi connectivity index (χ4v) is 2.70. The van der Waals surface area contributed by atoms with Crippen molar-refractivity contribution in [3.63, 3.8) is 0 Å². The van der Waals surface area contributed by atoms with Crippen LogP contribution in [0.5, 0.6) is 5.75 Å². The minimum atomic E-state index is -0.0363. The van der Waals surface area contributed by atoms with E-state index in [4.69, 9.17) is 4.74 Å². The van der Waals surface area contributed by atoms with Crippen LogP contribution >= 0.6 is 0 Å². The zero-order valence-corrected chi connectivity index (χ0v) is 13.1. The molecule has 0 unspecified atom stereocenters. The van der Waals surface area contributed by atoms with E-state index >= 15 is 0 Å². The SMILES string of the molecule is CC(C)=C1C(=O)Nc2ccc(OCc3cccc(C)c3)cc21. The highest BCUT2D eigenvalue weighted by molar-refractivity contribution is 6.32. The zero-order valence-electron chi connectivity index (χ0n) is 13.1. The smallest absolute Gasteiger partial charge is 0.256 e. The number of amides is 1. The van der Waals surface area contributed by atoms with E-state index in [9.17, 15) is 4.79 Å². The third kappa shape index (κ3) is 2.75. The summed E-state index contributed by atoms with van der Waals surface area (Å²) in [6, 6.07) is 14.0. The van der Waals surface area contributed by atoms with Gasteiger partial charge >= 0.3 is 0 Å². The Kier molecular flexibility index (Phi) is 3.72. The summed E-state index contributed by atoms with van der Waals surface area (Å²) in [5, 5.41) is 2.88. The van der Waals surface area contributed by atoms with Gasteiger partial charge in [-0.1, -0.05) is 35.4 Å². The second kappa shape index (κ2) is 5.68. The molecule has 0 aromatic heterocycles. The fourth-order valence-electron chi connectivity index (χ4n) is 2.70. The van der Waals surface area contributed by atoms with Crippen LogP contribution in [0.4, 0.5) is 5.69 Å². The van der Waals surface area contributed by atoms with Gasteiger partial charge in [0.1, 0.15) is 12.4 Å². The summed E-state index contributed by atoms with van der Waals surface area (Å²) >= 11 is 0. The average Bonchev–Trinajstić information content (AvgIpc) is 2.80. The Bertz CT molecular complexity index is 771. The van der Waals surface area contributed by atoms with Gasteiger partial charge in [0.15, 0.2) is 0 Å². The van der Waals surface area contributed by atoms with Gasteiger partial charge in [0.05, 0.1) is 0 Å². The van der Waals surface area contributed by atoms with E-state index in [1.54, 1.807) is 0 Å². The Labute approximate surface area is 130 Å². The summed E-state index contributed by atoms with van der Waals surface area (Å²) in [5.74, 6) is 0.737. The third-order valence-electron chi connectivity index (χ3n) is 3.72. The quantitative estimate of drug-likeness (QED) is 0.856. The van der Waals surface area contributed by atoms with Gasteiger partial charge in [0.2, 0.25) is 0 Å². The van der Waals surface area contributed by atoms with Gasteiger partial charge in [-0.3, -0.25) is 4.79 Å². The molecule has 0 aliphatic carbocycles. The van der Waals surface area contributed by atoms with Crippen molar-refractivity contribution in [2.24, 2.45) is 0 Å². The Balaban J connectivity index is 1.83. The molecule has 0 spiro atoms. The molecule has 0 radical (unpaired) electrons. The number of rotatable bonds is 3. The molecule has 1 heterocycles. The molecule has 3 rings (SSSR count). The Morgan fingerprint density at radius 2 is 1.95 bits per heavy atom. The molecule has 0 saturated carbocycles. The maximum atomic E-state index is 12.0. The Morgan fingerprint density at radius 3 is 2.68 bits per heavy atom. The van der Waals surface area contributed by atoms with Crippen molar-refractivity contribution in [2.75, 3.05) is 5.32 Å². The lowest BCUT2D eigenvalue weighted by Gasteiger charge is -2.09. The summed E-state index contributed by atoms with van der Waals surface area (Å²) < 4.78 is 5.87. The number of nitrogens with one attached hydrogen (secondary N) is 1. The van der Waals surface area contributed by atoms with Crippen LogP contribution < -0.4 is 10.1 Å². The van der Waals surface area contributed by atoms with Gasteiger partial charge in [-0.2, -0.15) is 0 Å².